The topological polar surface area (TPSA) is 78.4 Å². The lowest BCUT2D eigenvalue weighted by molar-refractivity contribution is 0.431. The summed E-state index contributed by atoms with van der Waals surface area (Å²) in [4.78, 5) is 0. The van der Waals surface area contributed by atoms with Crippen LogP contribution in [0.15, 0.2) is 18.2 Å². The van der Waals surface area contributed by atoms with Gasteiger partial charge in [-0.25, -0.2) is 17.5 Å². The number of phenolic OH excluding ortho intramolecular Hbond substituents is 1. The van der Waals surface area contributed by atoms with Crippen LogP contribution in [0.3, 0.4) is 0 Å². The minimum absolute atomic E-state index is 0.0264. The number of halogens is 1. The van der Waals surface area contributed by atoms with Gasteiger partial charge in [-0.1, -0.05) is 13.0 Å². The average Bonchev–Trinajstić information content (AvgIpc) is 2.29. The molecule has 0 aliphatic heterocycles. The molecule has 102 valence electrons. The SMILES string of the molecule is CCNS(=O)(=O)CCNCc1ccc(O)c(F)c1. The van der Waals surface area contributed by atoms with E-state index in [1.54, 1.807) is 13.0 Å². The van der Waals surface area contributed by atoms with Crippen LogP contribution < -0.4 is 10.0 Å². The molecule has 0 spiro atoms. The quantitative estimate of drug-likeness (QED) is 0.636. The molecule has 1 aromatic carbocycles. The van der Waals surface area contributed by atoms with Crippen molar-refractivity contribution in [3.63, 3.8) is 0 Å². The van der Waals surface area contributed by atoms with Crippen LogP contribution in [0.4, 0.5) is 4.39 Å². The van der Waals surface area contributed by atoms with Crippen LogP contribution in [0.2, 0.25) is 0 Å². The molecule has 7 heteroatoms. The summed E-state index contributed by atoms with van der Waals surface area (Å²) >= 11 is 0. The smallest absolute Gasteiger partial charge is 0.212 e. The van der Waals surface area contributed by atoms with Crippen molar-refractivity contribution in [1.29, 1.82) is 0 Å². The second-order valence-corrected chi connectivity index (χ2v) is 5.71. The van der Waals surface area contributed by atoms with E-state index < -0.39 is 21.6 Å². The van der Waals surface area contributed by atoms with Crippen molar-refractivity contribution in [3.05, 3.63) is 29.6 Å². The Morgan fingerprint density at radius 1 is 1.39 bits per heavy atom. The largest absolute Gasteiger partial charge is 0.505 e. The van der Waals surface area contributed by atoms with E-state index in [1.165, 1.54) is 12.1 Å². The third-order valence-electron chi connectivity index (χ3n) is 2.25. The molecule has 3 N–H and O–H groups in total. The third-order valence-corrected chi connectivity index (χ3v) is 3.72. The Labute approximate surface area is 106 Å². The highest BCUT2D eigenvalue weighted by molar-refractivity contribution is 7.89. The highest BCUT2D eigenvalue weighted by Crippen LogP contribution is 2.15. The first-order valence-corrected chi connectivity index (χ1v) is 7.25. The zero-order chi connectivity index (χ0) is 13.6. The fourth-order valence-electron chi connectivity index (χ4n) is 1.39. The molecule has 0 fully saturated rings. The van der Waals surface area contributed by atoms with Crippen LogP contribution in [0.5, 0.6) is 5.75 Å². The molecule has 5 nitrogen and oxygen atoms in total. The van der Waals surface area contributed by atoms with E-state index in [4.69, 9.17) is 5.11 Å². The highest BCUT2D eigenvalue weighted by Gasteiger charge is 2.07. The van der Waals surface area contributed by atoms with Crippen LogP contribution in [0, 0.1) is 5.82 Å². The van der Waals surface area contributed by atoms with Gasteiger partial charge in [0.25, 0.3) is 0 Å². The molecule has 0 heterocycles. The average molecular weight is 276 g/mol. The Balaban J connectivity index is 2.36. The number of hydrogen-bond acceptors (Lipinski definition) is 4. The molecule has 0 aromatic heterocycles. The Hall–Kier alpha value is -1.18. The van der Waals surface area contributed by atoms with Gasteiger partial charge in [0.05, 0.1) is 5.75 Å². The van der Waals surface area contributed by atoms with Crippen molar-refractivity contribution < 1.29 is 17.9 Å². The van der Waals surface area contributed by atoms with Crippen LogP contribution in [0.1, 0.15) is 12.5 Å². The maximum absolute atomic E-state index is 13.0. The fraction of sp³-hybridized carbons (Fsp3) is 0.455. The predicted molar refractivity (Wildman–Crippen MR) is 67.2 cm³/mol. The fourth-order valence-corrected chi connectivity index (χ4v) is 2.39. The standard InChI is InChI=1S/C11H17FN2O3S/c1-2-14-18(16,17)6-5-13-8-9-3-4-11(15)10(12)7-9/h3-4,7,13-15H,2,5-6,8H2,1H3. The molecule has 18 heavy (non-hydrogen) atoms. The van der Waals surface area contributed by atoms with Gasteiger partial charge < -0.3 is 10.4 Å². The Morgan fingerprint density at radius 3 is 2.72 bits per heavy atom. The van der Waals surface area contributed by atoms with Crippen molar-refractivity contribution in [3.8, 4) is 5.75 Å². The zero-order valence-electron chi connectivity index (χ0n) is 10.1. The maximum Gasteiger partial charge on any atom is 0.212 e. The number of nitrogens with one attached hydrogen (secondary N) is 2. The van der Waals surface area contributed by atoms with Gasteiger partial charge in [-0.15, -0.1) is 0 Å². The van der Waals surface area contributed by atoms with E-state index in [0.717, 1.165) is 0 Å². The van der Waals surface area contributed by atoms with Gasteiger partial charge in [-0.3, -0.25) is 0 Å². The summed E-state index contributed by atoms with van der Waals surface area (Å²) in [5, 5.41) is 11.9. The Morgan fingerprint density at radius 2 is 2.11 bits per heavy atom. The zero-order valence-corrected chi connectivity index (χ0v) is 10.9. The molecule has 0 amide bonds. The van der Waals surface area contributed by atoms with E-state index in [9.17, 15) is 12.8 Å². The van der Waals surface area contributed by atoms with Gasteiger partial charge >= 0.3 is 0 Å². The van der Waals surface area contributed by atoms with E-state index in [2.05, 4.69) is 10.0 Å². The third kappa shape index (κ3) is 4.99. The van der Waals surface area contributed by atoms with Gasteiger partial charge in [0.15, 0.2) is 11.6 Å². The van der Waals surface area contributed by atoms with Gasteiger partial charge in [-0.05, 0) is 17.7 Å². The number of hydrogen-bond donors (Lipinski definition) is 3. The van der Waals surface area contributed by atoms with E-state index >= 15 is 0 Å². The molecule has 0 saturated heterocycles. The first-order chi connectivity index (χ1) is 8.44. The van der Waals surface area contributed by atoms with Gasteiger partial charge in [0.2, 0.25) is 10.0 Å². The minimum atomic E-state index is -3.23. The lowest BCUT2D eigenvalue weighted by atomic mass is 10.2. The molecule has 0 aliphatic carbocycles. The molecule has 0 unspecified atom stereocenters. The molecule has 1 rings (SSSR count). The number of aromatic hydroxyl groups is 1. The van der Waals surface area contributed by atoms with Crippen molar-refractivity contribution in [2.24, 2.45) is 0 Å². The van der Waals surface area contributed by atoms with Crippen molar-refractivity contribution in [1.82, 2.24) is 10.0 Å². The summed E-state index contributed by atoms with van der Waals surface area (Å²) < 4.78 is 38.0. The molecule has 0 radical (unpaired) electrons. The summed E-state index contributed by atoms with van der Waals surface area (Å²) in [5.74, 6) is -1.11. The van der Waals surface area contributed by atoms with Crippen LogP contribution in [-0.4, -0.2) is 32.4 Å². The molecule has 1 aromatic rings. The minimum Gasteiger partial charge on any atom is -0.505 e. The summed E-state index contributed by atoms with van der Waals surface area (Å²) in [5.41, 5.74) is 0.645. The van der Waals surface area contributed by atoms with Crippen LogP contribution in [-0.2, 0) is 16.6 Å². The lowest BCUT2D eigenvalue weighted by Crippen LogP contribution is -2.31. The molecular formula is C11H17FN2O3S. The molecular weight excluding hydrogens is 259 g/mol. The van der Waals surface area contributed by atoms with Gasteiger partial charge in [0.1, 0.15) is 0 Å². The Kier molecular flexibility index (Phi) is 5.52. The summed E-state index contributed by atoms with van der Waals surface area (Å²) in [6.45, 7) is 2.70. The molecule has 0 saturated carbocycles. The van der Waals surface area contributed by atoms with Crippen molar-refractivity contribution in [2.45, 2.75) is 13.5 Å². The molecule has 0 aliphatic rings. The first kappa shape index (κ1) is 14.9. The number of benzene rings is 1. The van der Waals surface area contributed by atoms with E-state index in [1.807, 2.05) is 0 Å². The second kappa shape index (κ2) is 6.67. The summed E-state index contributed by atoms with van der Waals surface area (Å²) in [6.07, 6.45) is 0. The highest BCUT2D eigenvalue weighted by atomic mass is 32.2. The molecule has 0 bridgehead atoms. The first-order valence-electron chi connectivity index (χ1n) is 5.60. The van der Waals surface area contributed by atoms with Crippen LogP contribution in [0.25, 0.3) is 0 Å². The van der Waals surface area contributed by atoms with Crippen LogP contribution >= 0.6 is 0 Å². The normalized spacial score (nSPS) is 11.7. The van der Waals surface area contributed by atoms with Crippen molar-refractivity contribution >= 4 is 10.0 Å². The number of phenols is 1. The van der Waals surface area contributed by atoms with Crippen molar-refractivity contribution in [2.75, 3.05) is 18.8 Å². The number of rotatable bonds is 7. The molecule has 0 atom stereocenters. The Bertz CT molecular complexity index is 491. The summed E-state index contributed by atoms with van der Waals surface area (Å²) in [7, 11) is -3.23. The van der Waals surface area contributed by atoms with E-state index in [0.29, 0.717) is 18.7 Å². The summed E-state index contributed by atoms with van der Waals surface area (Å²) in [6, 6.07) is 4.05. The predicted octanol–water partition coefficient (Wildman–Crippen LogP) is 0.560. The monoisotopic (exact) mass is 276 g/mol. The van der Waals surface area contributed by atoms with Gasteiger partial charge in [0, 0.05) is 19.6 Å². The number of sulfonamides is 1. The second-order valence-electron chi connectivity index (χ2n) is 3.78. The van der Waals surface area contributed by atoms with Gasteiger partial charge in [-0.2, -0.15) is 0 Å². The lowest BCUT2D eigenvalue weighted by Gasteiger charge is -2.07. The van der Waals surface area contributed by atoms with E-state index in [-0.39, 0.29) is 12.3 Å². The maximum atomic E-state index is 13.0.